The molecule has 0 atom stereocenters. The summed E-state index contributed by atoms with van der Waals surface area (Å²) in [6.45, 7) is 2.13. The number of aryl methyl sites for hydroxylation is 1. The van der Waals surface area contributed by atoms with E-state index in [1.165, 1.54) is 24.3 Å². The van der Waals surface area contributed by atoms with Gasteiger partial charge in [-0.25, -0.2) is 9.18 Å². The predicted molar refractivity (Wildman–Crippen MR) is 143 cm³/mol. The zero-order chi connectivity index (χ0) is 26.2. The van der Waals surface area contributed by atoms with Gasteiger partial charge in [-0.05, 0) is 97.3 Å². The van der Waals surface area contributed by atoms with Crippen LogP contribution < -0.4 is 15.4 Å². The molecule has 0 aliphatic carbocycles. The van der Waals surface area contributed by atoms with Crippen LogP contribution in [-0.2, 0) is 6.42 Å². The maximum Gasteiger partial charge on any atom is 0.337 e. The number of benzene rings is 4. The van der Waals surface area contributed by atoms with Crippen LogP contribution in [0.3, 0.4) is 0 Å². The van der Waals surface area contributed by atoms with Gasteiger partial charge in [0, 0.05) is 16.9 Å². The first kappa shape index (κ1) is 25.4. The van der Waals surface area contributed by atoms with Crippen molar-refractivity contribution in [2.75, 3.05) is 10.6 Å². The standard InChI is InChI=1S/C30H27FN2O4/c1-2-3-4-20-5-7-21(8-6-20)29(34)33-28-18-17-26(19-27(28)30(35)36)37-25-15-13-24(14-16-25)32-23-11-9-22(31)10-12-23/h5-19,32H,2-4H2,1H3,(H,33,34)(H,35,36). The molecule has 0 saturated carbocycles. The number of carboxylic acids is 1. The van der Waals surface area contributed by atoms with E-state index in [9.17, 15) is 19.1 Å². The highest BCUT2D eigenvalue weighted by atomic mass is 19.1. The normalized spacial score (nSPS) is 10.5. The molecule has 0 saturated heterocycles. The first-order valence-electron chi connectivity index (χ1n) is 12.0. The van der Waals surface area contributed by atoms with Gasteiger partial charge in [0.05, 0.1) is 11.3 Å². The third kappa shape index (κ3) is 6.95. The average Bonchev–Trinajstić information content (AvgIpc) is 2.91. The van der Waals surface area contributed by atoms with Crippen LogP contribution in [0, 0.1) is 5.82 Å². The molecule has 0 aromatic heterocycles. The Kier molecular flexibility index (Phi) is 8.15. The molecule has 37 heavy (non-hydrogen) atoms. The van der Waals surface area contributed by atoms with Crippen LogP contribution in [0.25, 0.3) is 0 Å². The Morgan fingerprint density at radius 3 is 2.08 bits per heavy atom. The number of carboxylic acid groups (broad SMARTS) is 1. The summed E-state index contributed by atoms with van der Waals surface area (Å²) in [6, 6.07) is 24.8. The SMILES string of the molecule is CCCCc1ccc(C(=O)Nc2ccc(Oc3ccc(Nc4ccc(F)cc4)cc3)cc2C(=O)O)cc1. The number of halogens is 1. The third-order valence-corrected chi connectivity index (χ3v) is 5.73. The van der Waals surface area contributed by atoms with Crippen LogP contribution in [-0.4, -0.2) is 17.0 Å². The molecule has 0 unspecified atom stereocenters. The van der Waals surface area contributed by atoms with Gasteiger partial charge in [-0.1, -0.05) is 25.5 Å². The summed E-state index contributed by atoms with van der Waals surface area (Å²) in [5, 5.41) is 15.6. The van der Waals surface area contributed by atoms with Crippen molar-refractivity contribution in [2.45, 2.75) is 26.2 Å². The lowest BCUT2D eigenvalue weighted by Gasteiger charge is -2.12. The Labute approximate surface area is 214 Å². The van der Waals surface area contributed by atoms with Crippen molar-refractivity contribution in [1.82, 2.24) is 0 Å². The Morgan fingerprint density at radius 1 is 0.838 bits per heavy atom. The molecule has 0 spiro atoms. The van der Waals surface area contributed by atoms with E-state index in [0.717, 1.165) is 36.2 Å². The Morgan fingerprint density at radius 2 is 1.46 bits per heavy atom. The fourth-order valence-corrected chi connectivity index (χ4v) is 3.71. The lowest BCUT2D eigenvalue weighted by atomic mass is 10.1. The number of carbonyl (C=O) groups is 2. The van der Waals surface area contributed by atoms with Crippen LogP contribution in [0.1, 0.15) is 46.0 Å². The molecule has 4 aromatic carbocycles. The van der Waals surface area contributed by atoms with E-state index in [4.69, 9.17) is 4.74 Å². The number of unbranched alkanes of at least 4 members (excludes halogenated alkanes) is 1. The molecular formula is C30H27FN2O4. The van der Waals surface area contributed by atoms with Gasteiger partial charge in [-0.2, -0.15) is 0 Å². The number of nitrogens with one attached hydrogen (secondary N) is 2. The topological polar surface area (TPSA) is 87.7 Å². The van der Waals surface area contributed by atoms with Crippen molar-refractivity contribution in [3.63, 3.8) is 0 Å². The van der Waals surface area contributed by atoms with Crippen LogP contribution >= 0.6 is 0 Å². The lowest BCUT2D eigenvalue weighted by molar-refractivity contribution is 0.0697. The molecule has 0 radical (unpaired) electrons. The van der Waals surface area contributed by atoms with Gasteiger partial charge < -0.3 is 20.5 Å². The van der Waals surface area contributed by atoms with E-state index >= 15 is 0 Å². The molecule has 0 bridgehead atoms. The number of hydrogen-bond donors (Lipinski definition) is 3. The fraction of sp³-hybridized carbons (Fsp3) is 0.133. The number of hydrogen-bond acceptors (Lipinski definition) is 4. The largest absolute Gasteiger partial charge is 0.478 e. The molecule has 4 aromatic rings. The van der Waals surface area contributed by atoms with Crippen LogP contribution in [0.4, 0.5) is 21.5 Å². The summed E-state index contributed by atoms with van der Waals surface area (Å²) in [5.74, 6) is -1.06. The summed E-state index contributed by atoms with van der Waals surface area (Å²) in [7, 11) is 0. The number of amides is 1. The van der Waals surface area contributed by atoms with Crippen LogP contribution in [0.5, 0.6) is 11.5 Å². The third-order valence-electron chi connectivity index (χ3n) is 5.73. The van der Waals surface area contributed by atoms with Crippen LogP contribution in [0.2, 0.25) is 0 Å². The summed E-state index contributed by atoms with van der Waals surface area (Å²) < 4.78 is 18.9. The quantitative estimate of drug-likeness (QED) is 0.209. The number of ether oxygens (including phenoxy) is 1. The van der Waals surface area contributed by atoms with Gasteiger partial charge in [-0.3, -0.25) is 4.79 Å². The molecule has 0 aliphatic rings. The Hall–Kier alpha value is -4.65. The van der Waals surface area contributed by atoms with Gasteiger partial charge in [0.15, 0.2) is 0 Å². The molecule has 0 fully saturated rings. The highest BCUT2D eigenvalue weighted by molar-refractivity contribution is 6.07. The van der Waals surface area contributed by atoms with Gasteiger partial charge in [0.2, 0.25) is 0 Å². The summed E-state index contributed by atoms with van der Waals surface area (Å²) in [5.41, 5.74) is 3.23. The van der Waals surface area contributed by atoms with E-state index in [-0.39, 0.29) is 23.0 Å². The Balaban J connectivity index is 1.42. The zero-order valence-corrected chi connectivity index (χ0v) is 20.3. The minimum atomic E-state index is -1.19. The van der Waals surface area contributed by atoms with Gasteiger partial charge in [-0.15, -0.1) is 0 Å². The second-order valence-electron chi connectivity index (χ2n) is 8.53. The highest BCUT2D eigenvalue weighted by Crippen LogP contribution is 2.28. The summed E-state index contributed by atoms with van der Waals surface area (Å²) >= 11 is 0. The van der Waals surface area contributed by atoms with Crippen LogP contribution in [0.15, 0.2) is 91.0 Å². The summed E-state index contributed by atoms with van der Waals surface area (Å²) in [4.78, 5) is 24.6. The fourth-order valence-electron chi connectivity index (χ4n) is 3.71. The van der Waals surface area contributed by atoms with Crippen molar-refractivity contribution in [1.29, 1.82) is 0 Å². The molecule has 6 nitrogen and oxygen atoms in total. The first-order valence-corrected chi connectivity index (χ1v) is 12.0. The minimum Gasteiger partial charge on any atom is -0.478 e. The minimum absolute atomic E-state index is 0.0833. The second-order valence-corrected chi connectivity index (χ2v) is 8.53. The molecule has 0 aliphatic heterocycles. The number of anilines is 3. The van der Waals surface area contributed by atoms with Crippen molar-refractivity contribution in [3.05, 3.63) is 114 Å². The van der Waals surface area contributed by atoms with E-state index in [2.05, 4.69) is 17.6 Å². The van der Waals surface area contributed by atoms with Crippen molar-refractivity contribution in [2.24, 2.45) is 0 Å². The van der Waals surface area contributed by atoms with E-state index in [0.29, 0.717) is 17.1 Å². The first-order chi connectivity index (χ1) is 17.9. The maximum absolute atomic E-state index is 13.1. The van der Waals surface area contributed by atoms with E-state index < -0.39 is 5.97 Å². The summed E-state index contributed by atoms with van der Waals surface area (Å²) in [6.07, 6.45) is 3.13. The van der Waals surface area contributed by atoms with Gasteiger partial charge in [0.1, 0.15) is 17.3 Å². The lowest BCUT2D eigenvalue weighted by Crippen LogP contribution is -2.15. The Bertz CT molecular complexity index is 1370. The zero-order valence-electron chi connectivity index (χ0n) is 20.3. The maximum atomic E-state index is 13.1. The smallest absolute Gasteiger partial charge is 0.337 e. The average molecular weight is 499 g/mol. The molecular weight excluding hydrogens is 471 g/mol. The molecule has 4 rings (SSSR count). The molecule has 0 heterocycles. The number of carbonyl (C=O) groups excluding carboxylic acids is 1. The molecule has 1 amide bonds. The van der Waals surface area contributed by atoms with Gasteiger partial charge in [0.25, 0.3) is 5.91 Å². The van der Waals surface area contributed by atoms with E-state index in [1.54, 1.807) is 54.6 Å². The molecule has 188 valence electrons. The molecule has 3 N–H and O–H groups in total. The predicted octanol–water partition coefficient (Wildman–Crippen LogP) is 7.65. The van der Waals surface area contributed by atoms with Crippen molar-refractivity contribution in [3.8, 4) is 11.5 Å². The van der Waals surface area contributed by atoms with Crippen molar-refractivity contribution >= 4 is 28.9 Å². The number of rotatable bonds is 10. The number of aromatic carboxylic acids is 1. The van der Waals surface area contributed by atoms with Gasteiger partial charge >= 0.3 is 5.97 Å². The molecule has 7 heteroatoms. The monoisotopic (exact) mass is 498 g/mol. The highest BCUT2D eigenvalue weighted by Gasteiger charge is 2.15. The van der Waals surface area contributed by atoms with E-state index in [1.807, 2.05) is 12.1 Å². The van der Waals surface area contributed by atoms with Crippen molar-refractivity contribution < 1.29 is 23.8 Å². The second kappa shape index (κ2) is 11.9.